The Bertz CT molecular complexity index is 287. The van der Waals surface area contributed by atoms with Crippen molar-refractivity contribution in [2.75, 3.05) is 13.1 Å². The van der Waals surface area contributed by atoms with Crippen LogP contribution in [0.5, 0.6) is 0 Å². The molecule has 0 aliphatic carbocycles. The lowest BCUT2D eigenvalue weighted by atomic mass is 10.1. The fourth-order valence-electron chi connectivity index (χ4n) is 1.77. The normalized spacial score (nSPS) is 17.6. The quantitative estimate of drug-likeness (QED) is 0.735. The molecule has 2 heterocycles. The zero-order valence-electron chi connectivity index (χ0n) is 8.45. The van der Waals surface area contributed by atoms with Gasteiger partial charge in [-0.3, -0.25) is 0 Å². The minimum absolute atomic E-state index is 1.06. The number of aromatic nitrogens is 2. The number of hydrogen-bond donors (Lipinski definition) is 1. The van der Waals surface area contributed by atoms with Crippen molar-refractivity contribution in [1.29, 1.82) is 0 Å². The van der Waals surface area contributed by atoms with E-state index in [1.165, 1.54) is 12.8 Å². The highest BCUT2D eigenvalue weighted by atomic mass is 15.0. The molecule has 76 valence electrons. The second-order valence-corrected chi connectivity index (χ2v) is 3.70. The SMILES string of the molecule is C1=C(CCn2ccnc2)CCNCC1. The number of rotatable bonds is 3. The Hall–Kier alpha value is -1.09. The molecular formula is C11H17N3. The van der Waals surface area contributed by atoms with Crippen molar-refractivity contribution in [3.05, 3.63) is 30.4 Å². The van der Waals surface area contributed by atoms with Gasteiger partial charge in [-0.05, 0) is 32.4 Å². The van der Waals surface area contributed by atoms with Crippen LogP contribution in [0, 0.1) is 0 Å². The standard InChI is InChI=1S/C11H17N3/c1-2-11(3-6-12-5-1)4-8-14-9-7-13-10-14/h2,7,9-10,12H,1,3-6,8H2. The molecule has 0 saturated heterocycles. The van der Waals surface area contributed by atoms with Crippen LogP contribution in [0.15, 0.2) is 30.4 Å². The lowest BCUT2D eigenvalue weighted by Gasteiger charge is -2.05. The molecule has 3 nitrogen and oxygen atoms in total. The highest BCUT2D eigenvalue weighted by Crippen LogP contribution is 2.11. The lowest BCUT2D eigenvalue weighted by molar-refractivity contribution is 0.659. The van der Waals surface area contributed by atoms with E-state index < -0.39 is 0 Å². The summed E-state index contributed by atoms with van der Waals surface area (Å²) in [4.78, 5) is 4.04. The van der Waals surface area contributed by atoms with Gasteiger partial charge >= 0.3 is 0 Å². The van der Waals surface area contributed by atoms with Gasteiger partial charge in [0.2, 0.25) is 0 Å². The van der Waals surface area contributed by atoms with E-state index in [2.05, 4.69) is 20.9 Å². The third-order valence-electron chi connectivity index (χ3n) is 2.63. The van der Waals surface area contributed by atoms with Crippen molar-refractivity contribution < 1.29 is 0 Å². The minimum Gasteiger partial charge on any atom is -0.337 e. The summed E-state index contributed by atoms with van der Waals surface area (Å²) in [5.74, 6) is 0. The highest BCUT2D eigenvalue weighted by molar-refractivity contribution is 5.04. The van der Waals surface area contributed by atoms with E-state index in [0.29, 0.717) is 0 Å². The van der Waals surface area contributed by atoms with Crippen LogP contribution in [0.25, 0.3) is 0 Å². The fourth-order valence-corrected chi connectivity index (χ4v) is 1.77. The molecule has 1 aliphatic rings. The molecule has 3 heteroatoms. The van der Waals surface area contributed by atoms with E-state index in [1.54, 1.807) is 5.57 Å². The van der Waals surface area contributed by atoms with E-state index in [1.807, 2.05) is 18.7 Å². The Labute approximate surface area is 84.8 Å². The monoisotopic (exact) mass is 191 g/mol. The Balaban J connectivity index is 1.82. The third-order valence-corrected chi connectivity index (χ3v) is 2.63. The number of nitrogens with zero attached hydrogens (tertiary/aromatic N) is 2. The van der Waals surface area contributed by atoms with Gasteiger partial charge in [0.1, 0.15) is 0 Å². The summed E-state index contributed by atoms with van der Waals surface area (Å²) in [7, 11) is 0. The Morgan fingerprint density at radius 1 is 1.43 bits per heavy atom. The molecule has 0 radical (unpaired) electrons. The van der Waals surface area contributed by atoms with Crippen molar-refractivity contribution in [2.24, 2.45) is 0 Å². The molecule has 0 saturated carbocycles. The molecule has 0 unspecified atom stereocenters. The highest BCUT2D eigenvalue weighted by Gasteiger charge is 2.01. The van der Waals surface area contributed by atoms with Gasteiger partial charge in [-0.15, -0.1) is 0 Å². The van der Waals surface area contributed by atoms with E-state index in [4.69, 9.17) is 0 Å². The Kier molecular flexibility index (Phi) is 3.35. The van der Waals surface area contributed by atoms with Crippen molar-refractivity contribution >= 4 is 0 Å². The van der Waals surface area contributed by atoms with Crippen LogP contribution in [0.3, 0.4) is 0 Å². The van der Waals surface area contributed by atoms with Gasteiger partial charge in [0.15, 0.2) is 0 Å². The summed E-state index contributed by atoms with van der Waals surface area (Å²) in [6.45, 7) is 3.33. The van der Waals surface area contributed by atoms with Crippen molar-refractivity contribution in [3.8, 4) is 0 Å². The van der Waals surface area contributed by atoms with Crippen LogP contribution >= 0.6 is 0 Å². The molecule has 0 fully saturated rings. The summed E-state index contributed by atoms with van der Waals surface area (Å²) < 4.78 is 2.14. The predicted molar refractivity (Wildman–Crippen MR) is 57.0 cm³/mol. The van der Waals surface area contributed by atoms with E-state index in [9.17, 15) is 0 Å². The predicted octanol–water partition coefficient (Wildman–Crippen LogP) is 1.58. The van der Waals surface area contributed by atoms with Gasteiger partial charge in [0.25, 0.3) is 0 Å². The number of aryl methyl sites for hydroxylation is 1. The first-order chi connectivity index (χ1) is 6.95. The number of hydrogen-bond acceptors (Lipinski definition) is 2. The molecule has 1 aromatic heterocycles. The molecule has 2 rings (SSSR count). The average Bonchev–Trinajstić information content (AvgIpc) is 2.58. The third kappa shape index (κ3) is 2.70. The molecule has 0 amide bonds. The maximum Gasteiger partial charge on any atom is 0.0946 e. The zero-order chi connectivity index (χ0) is 9.64. The molecule has 0 atom stereocenters. The minimum atomic E-state index is 1.06. The van der Waals surface area contributed by atoms with Gasteiger partial charge in [-0.2, -0.15) is 0 Å². The van der Waals surface area contributed by atoms with Gasteiger partial charge in [-0.25, -0.2) is 4.98 Å². The largest absolute Gasteiger partial charge is 0.337 e. The number of imidazole rings is 1. The summed E-state index contributed by atoms with van der Waals surface area (Å²) in [5, 5.41) is 3.40. The summed E-state index contributed by atoms with van der Waals surface area (Å²) in [6.07, 6.45) is 11.7. The summed E-state index contributed by atoms with van der Waals surface area (Å²) in [6, 6.07) is 0. The van der Waals surface area contributed by atoms with Crippen LogP contribution in [-0.2, 0) is 6.54 Å². The van der Waals surface area contributed by atoms with Gasteiger partial charge in [0.05, 0.1) is 6.33 Å². The average molecular weight is 191 g/mol. The molecule has 1 aromatic rings. The van der Waals surface area contributed by atoms with Crippen LogP contribution in [-0.4, -0.2) is 22.6 Å². The fraction of sp³-hybridized carbons (Fsp3) is 0.545. The smallest absolute Gasteiger partial charge is 0.0946 e. The Morgan fingerprint density at radius 3 is 3.29 bits per heavy atom. The van der Waals surface area contributed by atoms with Crippen LogP contribution in [0.4, 0.5) is 0 Å². The van der Waals surface area contributed by atoms with Gasteiger partial charge in [0, 0.05) is 18.9 Å². The first-order valence-electron chi connectivity index (χ1n) is 5.29. The second kappa shape index (κ2) is 4.96. The molecule has 0 bridgehead atoms. The first-order valence-corrected chi connectivity index (χ1v) is 5.29. The van der Waals surface area contributed by atoms with E-state index in [0.717, 1.165) is 26.1 Å². The molecule has 14 heavy (non-hydrogen) atoms. The van der Waals surface area contributed by atoms with E-state index >= 15 is 0 Å². The maximum absolute atomic E-state index is 4.04. The van der Waals surface area contributed by atoms with Crippen molar-refractivity contribution in [3.63, 3.8) is 0 Å². The first kappa shape index (κ1) is 9.46. The summed E-state index contributed by atoms with van der Waals surface area (Å²) in [5.41, 5.74) is 1.59. The Morgan fingerprint density at radius 2 is 2.43 bits per heavy atom. The van der Waals surface area contributed by atoms with Gasteiger partial charge < -0.3 is 9.88 Å². The van der Waals surface area contributed by atoms with Crippen LogP contribution in [0.1, 0.15) is 19.3 Å². The van der Waals surface area contributed by atoms with Crippen LogP contribution < -0.4 is 5.32 Å². The second-order valence-electron chi connectivity index (χ2n) is 3.70. The maximum atomic E-state index is 4.04. The lowest BCUT2D eigenvalue weighted by Crippen LogP contribution is -2.14. The molecule has 1 aliphatic heterocycles. The van der Waals surface area contributed by atoms with E-state index in [-0.39, 0.29) is 0 Å². The molecule has 0 aromatic carbocycles. The molecular weight excluding hydrogens is 174 g/mol. The van der Waals surface area contributed by atoms with Gasteiger partial charge in [-0.1, -0.05) is 11.6 Å². The van der Waals surface area contributed by atoms with Crippen LogP contribution in [0.2, 0.25) is 0 Å². The zero-order valence-corrected chi connectivity index (χ0v) is 8.45. The topological polar surface area (TPSA) is 29.9 Å². The summed E-state index contributed by atoms with van der Waals surface area (Å²) >= 11 is 0. The molecule has 0 spiro atoms. The van der Waals surface area contributed by atoms with Crippen molar-refractivity contribution in [1.82, 2.24) is 14.9 Å². The number of nitrogens with one attached hydrogen (secondary N) is 1. The molecule has 1 N–H and O–H groups in total. The van der Waals surface area contributed by atoms with Crippen molar-refractivity contribution in [2.45, 2.75) is 25.8 Å².